The van der Waals surface area contributed by atoms with E-state index in [1.54, 1.807) is 12.1 Å². The lowest BCUT2D eigenvalue weighted by atomic mass is 10.0. The minimum absolute atomic E-state index is 0.0581. The number of fused-ring (bicyclic) bond motifs is 1. The number of thioether (sulfide) groups is 1. The molecule has 234 valence electrons. The maximum absolute atomic E-state index is 12.2. The third-order valence-corrected chi connectivity index (χ3v) is 8.72. The number of nitrogens with one attached hydrogen (secondary N) is 5. The highest BCUT2D eigenvalue weighted by Gasteiger charge is 2.42. The van der Waals surface area contributed by atoms with E-state index in [-0.39, 0.29) is 36.0 Å². The molecule has 4 amide bonds. The molecule has 0 spiro atoms. The Morgan fingerprint density at radius 2 is 1.60 bits per heavy atom. The number of unbranched alkanes of at least 4 members (excludes halogenated alkanes) is 1. The zero-order valence-electron chi connectivity index (χ0n) is 24.5. The van der Waals surface area contributed by atoms with Crippen LogP contribution in [0.2, 0.25) is 0 Å². The first-order chi connectivity index (χ1) is 20.5. The standard InChI is InChI=1S/C29H46N6O6S/c1-21(35-30)22-8-10-23(11-9-22)28(37)32-13-5-15-40-17-19-41-18-16-39-14-4-12-31-26(36)7-3-2-6-25-27-24(20-42-25)33-29(38)34-27/h8-11,21,24-25,27,30H,2-7,12-20H2,1H3,(H,31,36)(H,32,37)(H2,33,34,38)/t21?,24-,25?,27-/m0/s1. The van der Waals surface area contributed by atoms with Gasteiger partial charge >= 0.3 is 6.03 Å². The molecule has 1 aromatic carbocycles. The van der Waals surface area contributed by atoms with Crippen molar-refractivity contribution in [2.75, 3.05) is 58.5 Å². The summed E-state index contributed by atoms with van der Waals surface area (Å²) < 4.78 is 16.6. The highest BCUT2D eigenvalue weighted by atomic mass is 32.2. The SMILES string of the molecule is CC(N=N)c1ccc(C(=O)NCCCOCCOCCOCCCNC(=O)CCCCC2SC[C@@H]3NC(=O)N[C@H]23)cc1. The fourth-order valence-electron chi connectivity index (χ4n) is 4.77. The number of rotatable bonds is 22. The van der Waals surface area contributed by atoms with Gasteiger partial charge in [-0.2, -0.15) is 16.9 Å². The Bertz CT molecular complexity index is 984. The molecule has 42 heavy (non-hydrogen) atoms. The van der Waals surface area contributed by atoms with E-state index in [1.807, 2.05) is 30.8 Å². The lowest BCUT2D eigenvalue weighted by Crippen LogP contribution is -2.36. The molecular formula is C29H46N6O6S. The summed E-state index contributed by atoms with van der Waals surface area (Å²) >= 11 is 1.91. The molecule has 0 saturated carbocycles. The molecule has 2 aliphatic heterocycles. The molecule has 5 N–H and O–H groups in total. The number of benzene rings is 1. The molecule has 1 aromatic rings. The van der Waals surface area contributed by atoms with Crippen LogP contribution in [0.4, 0.5) is 4.79 Å². The van der Waals surface area contributed by atoms with Crippen molar-refractivity contribution in [1.82, 2.24) is 21.3 Å². The number of nitrogens with zero attached hydrogens (tertiary/aromatic N) is 1. The molecule has 2 saturated heterocycles. The normalized spacial score (nSPS) is 19.9. The van der Waals surface area contributed by atoms with Gasteiger partial charge in [0.2, 0.25) is 5.91 Å². The number of carbonyl (C=O) groups excluding carboxylic acids is 3. The Morgan fingerprint density at radius 1 is 0.952 bits per heavy atom. The van der Waals surface area contributed by atoms with Crippen LogP contribution in [0.1, 0.15) is 67.4 Å². The number of hydrogen-bond donors (Lipinski definition) is 5. The van der Waals surface area contributed by atoms with Crippen LogP contribution >= 0.6 is 11.8 Å². The summed E-state index contributed by atoms with van der Waals surface area (Å²) in [6, 6.07) is 7.34. The van der Waals surface area contributed by atoms with Crippen molar-refractivity contribution in [3.8, 4) is 0 Å². The van der Waals surface area contributed by atoms with E-state index in [9.17, 15) is 14.4 Å². The van der Waals surface area contributed by atoms with Crippen molar-refractivity contribution in [2.45, 2.75) is 68.8 Å². The van der Waals surface area contributed by atoms with E-state index in [0.717, 1.165) is 37.0 Å². The summed E-state index contributed by atoms with van der Waals surface area (Å²) in [7, 11) is 0. The predicted octanol–water partition coefficient (Wildman–Crippen LogP) is 3.18. The average molecular weight is 607 g/mol. The molecule has 13 heteroatoms. The topological polar surface area (TPSA) is 163 Å². The summed E-state index contributed by atoms with van der Waals surface area (Å²) in [6.45, 7) is 6.00. The molecule has 2 unspecified atom stereocenters. The molecule has 12 nitrogen and oxygen atoms in total. The van der Waals surface area contributed by atoms with E-state index in [1.165, 1.54) is 0 Å². The van der Waals surface area contributed by atoms with Gasteiger partial charge in [-0.25, -0.2) is 10.3 Å². The quantitative estimate of drug-likeness (QED) is 0.0769. The first kappa shape index (κ1) is 33.8. The minimum atomic E-state index is -0.207. The summed E-state index contributed by atoms with van der Waals surface area (Å²) in [5, 5.41) is 15.7. The molecule has 0 aliphatic carbocycles. The fraction of sp³-hybridized carbons (Fsp3) is 0.690. The molecule has 4 atom stereocenters. The van der Waals surface area contributed by atoms with E-state index in [4.69, 9.17) is 19.7 Å². The summed E-state index contributed by atoms with van der Waals surface area (Å²) in [5.41, 5.74) is 8.56. The predicted molar refractivity (Wildman–Crippen MR) is 161 cm³/mol. The van der Waals surface area contributed by atoms with Crippen LogP contribution in [0.5, 0.6) is 0 Å². The van der Waals surface area contributed by atoms with E-state index >= 15 is 0 Å². The fourth-order valence-corrected chi connectivity index (χ4v) is 6.32. The Hall–Kier alpha value is -2.74. The summed E-state index contributed by atoms with van der Waals surface area (Å²) in [5.74, 6) is 0.906. The third-order valence-electron chi connectivity index (χ3n) is 7.21. The molecule has 0 bridgehead atoms. The highest BCUT2D eigenvalue weighted by molar-refractivity contribution is 8.00. The molecule has 2 heterocycles. The lowest BCUT2D eigenvalue weighted by Gasteiger charge is -2.16. The number of hydrogen-bond acceptors (Lipinski definition) is 9. The van der Waals surface area contributed by atoms with Crippen molar-refractivity contribution in [3.05, 3.63) is 35.4 Å². The molecular weight excluding hydrogens is 560 g/mol. The summed E-state index contributed by atoms with van der Waals surface area (Å²) in [4.78, 5) is 35.7. The van der Waals surface area contributed by atoms with Crippen molar-refractivity contribution < 1.29 is 28.6 Å². The van der Waals surface area contributed by atoms with Crippen LogP contribution in [-0.2, 0) is 19.0 Å². The van der Waals surface area contributed by atoms with Crippen molar-refractivity contribution in [1.29, 1.82) is 5.53 Å². The first-order valence-corrected chi connectivity index (χ1v) is 16.0. The number of urea groups is 1. The van der Waals surface area contributed by atoms with Gasteiger partial charge in [-0.3, -0.25) is 9.59 Å². The van der Waals surface area contributed by atoms with Crippen LogP contribution in [-0.4, -0.2) is 93.7 Å². The second-order valence-corrected chi connectivity index (χ2v) is 11.7. The van der Waals surface area contributed by atoms with Gasteiger partial charge < -0.3 is 35.5 Å². The number of carbonyl (C=O) groups is 3. The Balaban J connectivity index is 1.03. The Labute approximate surface area is 252 Å². The van der Waals surface area contributed by atoms with Gasteiger partial charge in [-0.15, -0.1) is 0 Å². The van der Waals surface area contributed by atoms with Gasteiger partial charge in [-0.05, 0) is 50.3 Å². The van der Waals surface area contributed by atoms with Gasteiger partial charge in [0.25, 0.3) is 5.91 Å². The van der Waals surface area contributed by atoms with E-state index in [0.29, 0.717) is 76.4 Å². The Morgan fingerprint density at radius 3 is 2.26 bits per heavy atom. The smallest absolute Gasteiger partial charge is 0.315 e. The minimum Gasteiger partial charge on any atom is -0.379 e. The summed E-state index contributed by atoms with van der Waals surface area (Å²) in [6.07, 6.45) is 4.85. The molecule has 3 rings (SSSR count). The van der Waals surface area contributed by atoms with Gasteiger partial charge in [0.05, 0.1) is 44.6 Å². The molecule has 2 aliphatic rings. The Kier molecular flexibility index (Phi) is 15.6. The molecule has 0 radical (unpaired) electrons. The van der Waals surface area contributed by atoms with Crippen molar-refractivity contribution >= 4 is 29.6 Å². The largest absolute Gasteiger partial charge is 0.379 e. The van der Waals surface area contributed by atoms with E-state index in [2.05, 4.69) is 26.4 Å². The second-order valence-electron chi connectivity index (χ2n) is 10.4. The van der Waals surface area contributed by atoms with Gasteiger partial charge in [0, 0.05) is 49.3 Å². The second kappa shape index (κ2) is 19.4. The van der Waals surface area contributed by atoms with E-state index < -0.39 is 0 Å². The van der Waals surface area contributed by atoms with Crippen LogP contribution < -0.4 is 21.3 Å². The zero-order valence-corrected chi connectivity index (χ0v) is 25.3. The van der Waals surface area contributed by atoms with Crippen molar-refractivity contribution in [2.24, 2.45) is 5.11 Å². The first-order valence-electron chi connectivity index (χ1n) is 14.9. The molecule has 2 fully saturated rings. The van der Waals surface area contributed by atoms with Gasteiger partial charge in [0.15, 0.2) is 0 Å². The average Bonchev–Trinajstić information content (AvgIpc) is 3.55. The van der Waals surface area contributed by atoms with Crippen LogP contribution in [0.3, 0.4) is 0 Å². The zero-order chi connectivity index (χ0) is 30.0. The number of ether oxygens (including phenoxy) is 3. The third kappa shape index (κ3) is 12.2. The maximum Gasteiger partial charge on any atom is 0.315 e. The lowest BCUT2D eigenvalue weighted by molar-refractivity contribution is -0.121. The van der Waals surface area contributed by atoms with Gasteiger partial charge in [-0.1, -0.05) is 18.6 Å². The maximum atomic E-state index is 12.2. The van der Waals surface area contributed by atoms with Crippen molar-refractivity contribution in [3.63, 3.8) is 0 Å². The number of amides is 4. The molecule has 0 aromatic heterocycles. The van der Waals surface area contributed by atoms with Crippen LogP contribution in [0.15, 0.2) is 29.4 Å². The highest BCUT2D eigenvalue weighted by Crippen LogP contribution is 2.33. The van der Waals surface area contributed by atoms with Crippen LogP contribution in [0, 0.1) is 5.53 Å². The van der Waals surface area contributed by atoms with Gasteiger partial charge in [0.1, 0.15) is 0 Å². The monoisotopic (exact) mass is 606 g/mol. The van der Waals surface area contributed by atoms with Crippen LogP contribution in [0.25, 0.3) is 0 Å².